The number of nitrogens with zero attached hydrogens (tertiary/aromatic N) is 4. The largest absolute Gasteiger partial charge is 0.439 e. The molecule has 0 aliphatic carbocycles. The number of rotatable bonds is 5. The summed E-state index contributed by atoms with van der Waals surface area (Å²) >= 11 is 0. The number of aromatic nitrogens is 4. The van der Waals surface area contributed by atoms with Crippen molar-refractivity contribution in [1.82, 2.24) is 19.7 Å². The summed E-state index contributed by atoms with van der Waals surface area (Å²) in [4.78, 5) is 20.9. The fraction of sp³-hybridized carbons (Fsp3) is 0.167. The number of nitrogens with one attached hydrogen (secondary N) is 1. The van der Waals surface area contributed by atoms with Crippen LogP contribution in [0.15, 0.2) is 60.9 Å². The first-order valence-corrected chi connectivity index (χ1v) is 9.91. The topological polar surface area (TPSA) is 81.9 Å². The molecular formula is C24H23N5O2. The monoisotopic (exact) mass is 413 g/mol. The second-order valence-electron chi connectivity index (χ2n) is 7.43. The van der Waals surface area contributed by atoms with Gasteiger partial charge in [0.05, 0.1) is 5.69 Å². The fourth-order valence-corrected chi connectivity index (χ4v) is 3.18. The van der Waals surface area contributed by atoms with Gasteiger partial charge in [-0.3, -0.25) is 4.79 Å². The Morgan fingerprint density at radius 3 is 2.35 bits per heavy atom. The van der Waals surface area contributed by atoms with Gasteiger partial charge in [-0.2, -0.15) is 5.10 Å². The molecule has 2 aromatic carbocycles. The van der Waals surface area contributed by atoms with Crippen LogP contribution in [0.25, 0.3) is 5.82 Å². The second kappa shape index (κ2) is 8.39. The fourth-order valence-electron chi connectivity index (χ4n) is 3.18. The van der Waals surface area contributed by atoms with Crippen LogP contribution in [-0.4, -0.2) is 25.7 Å². The minimum absolute atomic E-state index is 0.151. The third kappa shape index (κ3) is 4.61. The highest BCUT2D eigenvalue weighted by molar-refractivity contribution is 6.04. The van der Waals surface area contributed by atoms with Crippen molar-refractivity contribution in [2.45, 2.75) is 27.7 Å². The van der Waals surface area contributed by atoms with Crippen molar-refractivity contribution in [3.8, 4) is 17.4 Å². The minimum Gasteiger partial charge on any atom is -0.439 e. The Labute approximate surface area is 180 Å². The van der Waals surface area contributed by atoms with Gasteiger partial charge in [0, 0.05) is 23.0 Å². The number of benzene rings is 2. The van der Waals surface area contributed by atoms with Crippen molar-refractivity contribution in [2.75, 3.05) is 5.32 Å². The van der Waals surface area contributed by atoms with E-state index in [4.69, 9.17) is 4.74 Å². The summed E-state index contributed by atoms with van der Waals surface area (Å²) < 4.78 is 7.60. The summed E-state index contributed by atoms with van der Waals surface area (Å²) in [5.41, 5.74) is 5.44. The Kier molecular flexibility index (Phi) is 5.49. The Balaban J connectivity index is 1.45. The molecule has 0 radical (unpaired) electrons. The van der Waals surface area contributed by atoms with E-state index in [1.807, 2.05) is 52.0 Å². The lowest BCUT2D eigenvalue weighted by Gasteiger charge is -2.09. The number of aryl methyl sites for hydroxylation is 4. The molecule has 0 fully saturated rings. The molecule has 0 spiro atoms. The number of anilines is 1. The van der Waals surface area contributed by atoms with Crippen molar-refractivity contribution in [3.63, 3.8) is 0 Å². The molecule has 4 rings (SSSR count). The molecule has 0 aliphatic heterocycles. The number of ether oxygens (including phenoxy) is 1. The van der Waals surface area contributed by atoms with Crippen molar-refractivity contribution >= 4 is 11.6 Å². The van der Waals surface area contributed by atoms with Crippen molar-refractivity contribution in [2.24, 2.45) is 0 Å². The molecule has 0 atom stereocenters. The number of carbonyl (C=O) groups excluding carboxylic acids is 1. The normalized spacial score (nSPS) is 10.7. The highest BCUT2D eigenvalue weighted by Crippen LogP contribution is 2.23. The van der Waals surface area contributed by atoms with Gasteiger partial charge in [0.1, 0.15) is 12.1 Å². The zero-order valence-electron chi connectivity index (χ0n) is 17.9. The smallest absolute Gasteiger partial charge is 0.255 e. The number of hydrogen-bond donors (Lipinski definition) is 1. The van der Waals surface area contributed by atoms with E-state index in [1.54, 1.807) is 35.0 Å². The zero-order valence-corrected chi connectivity index (χ0v) is 17.9. The van der Waals surface area contributed by atoms with Crippen LogP contribution in [0.2, 0.25) is 0 Å². The molecule has 0 unspecified atom stereocenters. The van der Waals surface area contributed by atoms with Crippen LogP contribution in [-0.2, 0) is 0 Å². The molecule has 2 heterocycles. The van der Waals surface area contributed by atoms with Gasteiger partial charge in [-0.25, -0.2) is 14.6 Å². The van der Waals surface area contributed by atoms with Gasteiger partial charge in [0.2, 0.25) is 5.88 Å². The Morgan fingerprint density at radius 1 is 0.903 bits per heavy atom. The van der Waals surface area contributed by atoms with Crippen LogP contribution >= 0.6 is 0 Å². The van der Waals surface area contributed by atoms with E-state index >= 15 is 0 Å². The Hall–Kier alpha value is -4.00. The SMILES string of the molecule is Cc1cc(C)n(-c2cc(Oc3ccc(NC(=O)c4ccc(C)c(C)c4)cc3)ncn2)n1. The Morgan fingerprint density at radius 2 is 1.68 bits per heavy atom. The zero-order chi connectivity index (χ0) is 22.0. The lowest BCUT2D eigenvalue weighted by molar-refractivity contribution is 0.102. The Bertz CT molecular complexity index is 1250. The van der Waals surface area contributed by atoms with Gasteiger partial charge in [-0.1, -0.05) is 6.07 Å². The maximum atomic E-state index is 12.5. The maximum Gasteiger partial charge on any atom is 0.255 e. The van der Waals surface area contributed by atoms with E-state index < -0.39 is 0 Å². The van der Waals surface area contributed by atoms with Crippen LogP contribution in [0.3, 0.4) is 0 Å². The molecule has 2 aromatic heterocycles. The van der Waals surface area contributed by atoms with Gasteiger partial charge >= 0.3 is 0 Å². The molecule has 7 heteroatoms. The van der Waals surface area contributed by atoms with E-state index in [1.165, 1.54) is 6.33 Å². The van der Waals surface area contributed by atoms with E-state index in [-0.39, 0.29) is 5.91 Å². The first-order valence-electron chi connectivity index (χ1n) is 9.91. The van der Waals surface area contributed by atoms with E-state index in [0.29, 0.717) is 28.7 Å². The lowest BCUT2D eigenvalue weighted by Crippen LogP contribution is -2.12. The van der Waals surface area contributed by atoms with Crippen LogP contribution in [0.1, 0.15) is 32.9 Å². The molecule has 7 nitrogen and oxygen atoms in total. The van der Waals surface area contributed by atoms with Crippen molar-refractivity contribution < 1.29 is 9.53 Å². The number of carbonyl (C=O) groups is 1. The van der Waals surface area contributed by atoms with Gasteiger partial charge in [0.15, 0.2) is 5.82 Å². The second-order valence-corrected chi connectivity index (χ2v) is 7.43. The van der Waals surface area contributed by atoms with Gasteiger partial charge < -0.3 is 10.1 Å². The minimum atomic E-state index is -0.151. The molecule has 0 aliphatic rings. The third-order valence-corrected chi connectivity index (χ3v) is 4.96. The van der Waals surface area contributed by atoms with Crippen LogP contribution in [0, 0.1) is 27.7 Å². The van der Waals surface area contributed by atoms with E-state index in [9.17, 15) is 4.79 Å². The molecule has 1 amide bonds. The summed E-state index contributed by atoms with van der Waals surface area (Å²) in [5.74, 6) is 1.49. The molecule has 4 aromatic rings. The van der Waals surface area contributed by atoms with Crippen LogP contribution < -0.4 is 10.1 Å². The number of amides is 1. The third-order valence-electron chi connectivity index (χ3n) is 4.96. The molecule has 0 saturated heterocycles. The van der Waals surface area contributed by atoms with E-state index in [2.05, 4.69) is 20.4 Å². The van der Waals surface area contributed by atoms with Crippen LogP contribution in [0.4, 0.5) is 5.69 Å². The summed E-state index contributed by atoms with van der Waals surface area (Å²) in [6, 6.07) is 16.5. The van der Waals surface area contributed by atoms with Gasteiger partial charge in [-0.15, -0.1) is 0 Å². The quantitative estimate of drug-likeness (QED) is 0.501. The molecule has 0 bridgehead atoms. The predicted octanol–water partition coefficient (Wildman–Crippen LogP) is 4.94. The summed E-state index contributed by atoms with van der Waals surface area (Å²) in [7, 11) is 0. The summed E-state index contributed by atoms with van der Waals surface area (Å²) in [6.45, 7) is 7.91. The first kappa shape index (κ1) is 20.3. The first-order chi connectivity index (χ1) is 14.9. The predicted molar refractivity (Wildman–Crippen MR) is 119 cm³/mol. The summed E-state index contributed by atoms with van der Waals surface area (Å²) in [5, 5.41) is 7.34. The average Bonchev–Trinajstić information content (AvgIpc) is 3.09. The van der Waals surface area contributed by atoms with Gasteiger partial charge in [-0.05, 0) is 81.3 Å². The number of hydrogen-bond acceptors (Lipinski definition) is 5. The van der Waals surface area contributed by atoms with Gasteiger partial charge in [0.25, 0.3) is 5.91 Å². The van der Waals surface area contributed by atoms with E-state index in [0.717, 1.165) is 22.5 Å². The summed E-state index contributed by atoms with van der Waals surface area (Å²) in [6.07, 6.45) is 1.44. The molecule has 31 heavy (non-hydrogen) atoms. The highest BCUT2D eigenvalue weighted by atomic mass is 16.5. The van der Waals surface area contributed by atoms with Crippen molar-refractivity contribution in [1.29, 1.82) is 0 Å². The standard InChI is InChI=1S/C24H23N5O2/c1-15-5-6-19(11-16(15)2)24(30)27-20-7-9-21(10-8-20)31-23-13-22(25-14-26-23)29-18(4)12-17(3)28-29/h5-14H,1-4H3,(H,27,30). The lowest BCUT2D eigenvalue weighted by atomic mass is 10.1. The van der Waals surface area contributed by atoms with Crippen LogP contribution in [0.5, 0.6) is 11.6 Å². The average molecular weight is 413 g/mol. The molecule has 156 valence electrons. The molecular weight excluding hydrogens is 390 g/mol. The molecule has 0 saturated carbocycles. The van der Waals surface area contributed by atoms with Crippen molar-refractivity contribution in [3.05, 3.63) is 89.0 Å². The molecule has 1 N–H and O–H groups in total. The maximum absolute atomic E-state index is 12.5. The highest BCUT2D eigenvalue weighted by Gasteiger charge is 2.09.